The number of hydrogen-bond donors (Lipinski definition) is 1. The molecule has 0 bridgehead atoms. The Morgan fingerprint density at radius 2 is 2.45 bits per heavy atom. The molecule has 0 aliphatic rings. The molecule has 0 saturated heterocycles. The van der Waals surface area contributed by atoms with Crippen molar-refractivity contribution in [3.05, 3.63) is 22.4 Å². The molecule has 0 radical (unpaired) electrons. The van der Waals surface area contributed by atoms with Crippen LogP contribution in [0.1, 0.15) is 5.69 Å². The predicted molar refractivity (Wildman–Crippen MR) is 44.4 cm³/mol. The van der Waals surface area contributed by atoms with Crippen LogP contribution < -0.4 is 4.74 Å². The number of halogens is 1. The zero-order chi connectivity index (χ0) is 8.27. The zero-order valence-corrected chi connectivity index (χ0v) is 7.63. The summed E-state index contributed by atoms with van der Waals surface area (Å²) in [5.41, 5.74) is 0.587. The molecule has 1 rings (SSSR count). The first-order valence-electron chi connectivity index (χ1n) is 3.07. The monoisotopic (exact) mass is 217 g/mol. The summed E-state index contributed by atoms with van der Waals surface area (Å²) in [6.45, 7) is -0.0855. The molecule has 0 amide bonds. The summed E-state index contributed by atoms with van der Waals surface area (Å²) in [5.74, 6) is 0.684. The van der Waals surface area contributed by atoms with Gasteiger partial charge in [0.05, 0.1) is 23.9 Å². The lowest BCUT2D eigenvalue weighted by atomic mass is 10.3. The first-order valence-corrected chi connectivity index (χ1v) is 3.87. The van der Waals surface area contributed by atoms with Crippen molar-refractivity contribution in [1.29, 1.82) is 0 Å². The Balaban J connectivity index is 3.10. The Hall–Kier alpha value is -0.610. The topological polar surface area (TPSA) is 42.4 Å². The fraction of sp³-hybridized carbons (Fsp3) is 0.286. The van der Waals surface area contributed by atoms with Gasteiger partial charge in [-0.05, 0) is 22.0 Å². The van der Waals surface area contributed by atoms with Crippen molar-refractivity contribution in [3.8, 4) is 5.75 Å². The average molecular weight is 218 g/mol. The largest absolute Gasteiger partial charge is 0.495 e. The van der Waals surface area contributed by atoms with Gasteiger partial charge in [0.2, 0.25) is 0 Å². The van der Waals surface area contributed by atoms with Gasteiger partial charge in [0.25, 0.3) is 0 Å². The van der Waals surface area contributed by atoms with Gasteiger partial charge in [-0.2, -0.15) is 0 Å². The van der Waals surface area contributed by atoms with Gasteiger partial charge in [-0.3, -0.25) is 4.98 Å². The fourth-order valence-corrected chi connectivity index (χ4v) is 1.26. The van der Waals surface area contributed by atoms with E-state index in [9.17, 15) is 0 Å². The molecular weight excluding hydrogens is 210 g/mol. The predicted octanol–water partition coefficient (Wildman–Crippen LogP) is 1.34. The summed E-state index contributed by atoms with van der Waals surface area (Å²) in [6.07, 6.45) is 1.59. The average Bonchev–Trinajstić information content (AvgIpc) is 2.05. The standard InChI is InChI=1S/C7H8BrNO2/c1-11-6-2-3-9-5(4-10)7(6)8/h2-3,10H,4H2,1H3. The highest BCUT2D eigenvalue weighted by Gasteiger charge is 2.04. The third-order valence-corrected chi connectivity index (χ3v) is 2.14. The van der Waals surface area contributed by atoms with E-state index in [1.165, 1.54) is 0 Å². The highest BCUT2D eigenvalue weighted by Crippen LogP contribution is 2.26. The third-order valence-electron chi connectivity index (χ3n) is 1.30. The van der Waals surface area contributed by atoms with Crippen molar-refractivity contribution in [2.75, 3.05) is 7.11 Å². The zero-order valence-electron chi connectivity index (χ0n) is 6.04. The van der Waals surface area contributed by atoms with Crippen molar-refractivity contribution in [3.63, 3.8) is 0 Å². The minimum absolute atomic E-state index is 0.0855. The molecule has 0 saturated carbocycles. The van der Waals surface area contributed by atoms with Gasteiger partial charge in [0.1, 0.15) is 5.75 Å². The summed E-state index contributed by atoms with van der Waals surface area (Å²) in [5, 5.41) is 8.79. The van der Waals surface area contributed by atoms with Crippen LogP contribution in [-0.2, 0) is 6.61 Å². The molecule has 0 aliphatic carbocycles. The highest BCUT2D eigenvalue weighted by atomic mass is 79.9. The van der Waals surface area contributed by atoms with Gasteiger partial charge in [0, 0.05) is 6.20 Å². The number of ether oxygens (including phenoxy) is 1. The maximum absolute atomic E-state index is 8.79. The van der Waals surface area contributed by atoms with Gasteiger partial charge in [-0.1, -0.05) is 0 Å². The van der Waals surface area contributed by atoms with E-state index in [4.69, 9.17) is 9.84 Å². The first kappa shape index (κ1) is 8.49. The molecule has 0 aromatic carbocycles. The first-order chi connectivity index (χ1) is 5.29. The second-order valence-electron chi connectivity index (χ2n) is 1.93. The Kier molecular flexibility index (Phi) is 2.84. The molecule has 11 heavy (non-hydrogen) atoms. The molecule has 1 N–H and O–H groups in total. The third kappa shape index (κ3) is 1.70. The molecule has 0 spiro atoms. The Labute approximate surface area is 73.2 Å². The van der Waals surface area contributed by atoms with E-state index in [0.29, 0.717) is 15.9 Å². The molecule has 0 fully saturated rings. The number of aliphatic hydroxyl groups is 1. The van der Waals surface area contributed by atoms with E-state index in [0.717, 1.165) is 0 Å². The fourth-order valence-electron chi connectivity index (χ4n) is 0.735. The second kappa shape index (κ2) is 3.69. The van der Waals surface area contributed by atoms with Gasteiger partial charge < -0.3 is 9.84 Å². The summed E-state index contributed by atoms with van der Waals surface area (Å²) < 4.78 is 5.70. The number of pyridine rings is 1. The Morgan fingerprint density at radius 1 is 1.73 bits per heavy atom. The maximum atomic E-state index is 8.79. The van der Waals surface area contributed by atoms with Crippen molar-refractivity contribution in [2.24, 2.45) is 0 Å². The van der Waals surface area contributed by atoms with Crippen LogP contribution in [0.2, 0.25) is 0 Å². The van der Waals surface area contributed by atoms with Crippen LogP contribution in [0.5, 0.6) is 5.75 Å². The van der Waals surface area contributed by atoms with Crippen LogP contribution in [0.3, 0.4) is 0 Å². The summed E-state index contributed by atoms with van der Waals surface area (Å²) in [4.78, 5) is 3.93. The Bertz CT molecular complexity index is 230. The Morgan fingerprint density at radius 3 is 3.00 bits per heavy atom. The van der Waals surface area contributed by atoms with Crippen LogP contribution in [0.15, 0.2) is 16.7 Å². The number of aromatic nitrogens is 1. The van der Waals surface area contributed by atoms with Gasteiger partial charge >= 0.3 is 0 Å². The molecule has 60 valence electrons. The van der Waals surface area contributed by atoms with Crippen molar-refractivity contribution in [2.45, 2.75) is 6.61 Å². The van der Waals surface area contributed by atoms with Crippen LogP contribution in [-0.4, -0.2) is 17.2 Å². The maximum Gasteiger partial charge on any atom is 0.136 e. The van der Waals surface area contributed by atoms with Crippen LogP contribution in [0.4, 0.5) is 0 Å². The minimum atomic E-state index is -0.0855. The van der Waals surface area contributed by atoms with E-state index < -0.39 is 0 Å². The normalized spacial score (nSPS) is 9.73. The highest BCUT2D eigenvalue weighted by molar-refractivity contribution is 9.10. The molecule has 4 heteroatoms. The molecule has 3 nitrogen and oxygen atoms in total. The van der Waals surface area contributed by atoms with E-state index in [-0.39, 0.29) is 6.61 Å². The molecular formula is C7H8BrNO2. The second-order valence-corrected chi connectivity index (χ2v) is 2.73. The summed E-state index contributed by atoms with van der Waals surface area (Å²) >= 11 is 3.25. The van der Waals surface area contributed by atoms with Crippen LogP contribution in [0, 0.1) is 0 Å². The van der Waals surface area contributed by atoms with E-state index >= 15 is 0 Å². The SMILES string of the molecule is COc1ccnc(CO)c1Br. The summed E-state index contributed by atoms with van der Waals surface area (Å²) in [6, 6.07) is 1.73. The van der Waals surface area contributed by atoms with E-state index in [1.54, 1.807) is 19.4 Å². The molecule has 1 aromatic rings. The lowest BCUT2D eigenvalue weighted by Crippen LogP contribution is -1.93. The van der Waals surface area contributed by atoms with Gasteiger partial charge in [-0.15, -0.1) is 0 Å². The summed E-state index contributed by atoms with van der Waals surface area (Å²) in [7, 11) is 1.57. The smallest absolute Gasteiger partial charge is 0.136 e. The number of methoxy groups -OCH3 is 1. The number of aliphatic hydroxyl groups excluding tert-OH is 1. The number of rotatable bonds is 2. The van der Waals surface area contributed by atoms with Crippen molar-refractivity contribution in [1.82, 2.24) is 4.98 Å². The van der Waals surface area contributed by atoms with Gasteiger partial charge in [-0.25, -0.2) is 0 Å². The van der Waals surface area contributed by atoms with Crippen LogP contribution in [0.25, 0.3) is 0 Å². The van der Waals surface area contributed by atoms with Crippen molar-refractivity contribution < 1.29 is 9.84 Å². The molecule has 0 atom stereocenters. The van der Waals surface area contributed by atoms with Gasteiger partial charge in [0.15, 0.2) is 0 Å². The molecule has 0 unspecified atom stereocenters. The quantitative estimate of drug-likeness (QED) is 0.814. The lowest BCUT2D eigenvalue weighted by molar-refractivity contribution is 0.274. The molecule has 0 aliphatic heterocycles. The van der Waals surface area contributed by atoms with Crippen LogP contribution >= 0.6 is 15.9 Å². The van der Waals surface area contributed by atoms with E-state index in [2.05, 4.69) is 20.9 Å². The minimum Gasteiger partial charge on any atom is -0.495 e. The molecule has 1 aromatic heterocycles. The molecule has 1 heterocycles. The van der Waals surface area contributed by atoms with Crippen molar-refractivity contribution >= 4 is 15.9 Å². The number of hydrogen-bond acceptors (Lipinski definition) is 3. The lowest BCUT2D eigenvalue weighted by Gasteiger charge is -2.04. The number of nitrogens with zero attached hydrogens (tertiary/aromatic N) is 1. The van der Waals surface area contributed by atoms with E-state index in [1.807, 2.05) is 0 Å².